The third-order valence-corrected chi connectivity index (χ3v) is 3.64. The molecule has 0 radical (unpaired) electrons. The Bertz CT molecular complexity index is 451. The predicted molar refractivity (Wildman–Crippen MR) is 69.5 cm³/mol. The molecule has 1 aromatic carbocycles. The highest BCUT2D eigenvalue weighted by Gasteiger charge is 2.31. The molecule has 4 heteroatoms. The van der Waals surface area contributed by atoms with Crippen LogP contribution < -0.4 is 14.8 Å². The van der Waals surface area contributed by atoms with Crippen molar-refractivity contribution in [2.45, 2.75) is 25.3 Å². The number of methoxy groups -OCH3 is 2. The molecule has 0 amide bonds. The first-order valence-corrected chi connectivity index (χ1v) is 6.11. The summed E-state index contributed by atoms with van der Waals surface area (Å²) < 4.78 is 10.5. The minimum atomic E-state index is -0.0860. The number of hydrogen-bond donors (Lipinski definition) is 1. The van der Waals surface area contributed by atoms with Gasteiger partial charge in [-0.05, 0) is 44.0 Å². The van der Waals surface area contributed by atoms with Gasteiger partial charge >= 0.3 is 0 Å². The van der Waals surface area contributed by atoms with E-state index in [9.17, 15) is 4.79 Å². The lowest BCUT2D eigenvalue weighted by Crippen LogP contribution is -2.33. The summed E-state index contributed by atoms with van der Waals surface area (Å²) in [5.41, 5.74) is 1.51. The van der Waals surface area contributed by atoms with Gasteiger partial charge in [0.15, 0.2) is 17.8 Å². The van der Waals surface area contributed by atoms with E-state index in [1.807, 2.05) is 12.1 Å². The molecule has 0 bridgehead atoms. The molecule has 1 heterocycles. The second kappa shape index (κ2) is 4.98. The Morgan fingerprint density at radius 1 is 1.33 bits per heavy atom. The Hall–Kier alpha value is -1.55. The van der Waals surface area contributed by atoms with E-state index < -0.39 is 0 Å². The zero-order valence-electron chi connectivity index (χ0n) is 11.1. The SMILES string of the molecule is COc1cc(C2(C)CCCN2)cc(C=O)c1OC. The topological polar surface area (TPSA) is 47.6 Å². The summed E-state index contributed by atoms with van der Waals surface area (Å²) in [6, 6.07) is 3.83. The van der Waals surface area contributed by atoms with Crippen LogP contribution in [0.5, 0.6) is 11.5 Å². The van der Waals surface area contributed by atoms with Gasteiger partial charge in [0, 0.05) is 5.54 Å². The first-order valence-electron chi connectivity index (χ1n) is 6.11. The van der Waals surface area contributed by atoms with Crippen LogP contribution in [0, 0.1) is 0 Å². The highest BCUT2D eigenvalue weighted by molar-refractivity contribution is 5.82. The number of rotatable bonds is 4. The fraction of sp³-hybridized carbons (Fsp3) is 0.500. The summed E-state index contributed by atoms with van der Waals surface area (Å²) >= 11 is 0. The van der Waals surface area contributed by atoms with Gasteiger partial charge in [-0.3, -0.25) is 4.79 Å². The Balaban J connectivity index is 2.52. The summed E-state index contributed by atoms with van der Waals surface area (Å²) in [7, 11) is 3.13. The van der Waals surface area contributed by atoms with Crippen molar-refractivity contribution in [1.82, 2.24) is 5.32 Å². The van der Waals surface area contributed by atoms with Crippen molar-refractivity contribution in [1.29, 1.82) is 0 Å². The standard InChI is InChI=1S/C14H19NO3/c1-14(5-4-6-15-14)11-7-10(9-16)13(18-3)12(8-11)17-2/h7-9,15H,4-6H2,1-3H3. The molecule has 1 aromatic rings. The zero-order chi connectivity index (χ0) is 13.2. The number of aldehydes is 1. The minimum Gasteiger partial charge on any atom is -0.493 e. The van der Waals surface area contributed by atoms with Crippen LogP contribution in [0.1, 0.15) is 35.7 Å². The summed E-state index contributed by atoms with van der Waals surface area (Å²) in [5, 5.41) is 3.48. The van der Waals surface area contributed by atoms with Crippen LogP contribution >= 0.6 is 0 Å². The lowest BCUT2D eigenvalue weighted by molar-refractivity contribution is 0.111. The molecule has 0 aromatic heterocycles. The van der Waals surface area contributed by atoms with E-state index in [2.05, 4.69) is 12.2 Å². The van der Waals surface area contributed by atoms with E-state index in [-0.39, 0.29) is 5.54 Å². The van der Waals surface area contributed by atoms with Crippen LogP contribution in [0.25, 0.3) is 0 Å². The number of ether oxygens (including phenoxy) is 2. The number of carbonyl (C=O) groups excluding carboxylic acids is 1. The van der Waals surface area contributed by atoms with Gasteiger partial charge < -0.3 is 14.8 Å². The maximum absolute atomic E-state index is 11.2. The molecule has 1 fully saturated rings. The summed E-state index contributed by atoms with van der Waals surface area (Å²) in [6.45, 7) is 3.15. The molecule has 18 heavy (non-hydrogen) atoms. The maximum atomic E-state index is 11.2. The van der Waals surface area contributed by atoms with E-state index in [4.69, 9.17) is 9.47 Å². The smallest absolute Gasteiger partial charge is 0.171 e. The number of carbonyl (C=O) groups is 1. The molecule has 2 rings (SSSR count). The average molecular weight is 249 g/mol. The van der Waals surface area contributed by atoms with Gasteiger partial charge in [0.25, 0.3) is 0 Å². The first-order chi connectivity index (χ1) is 8.64. The van der Waals surface area contributed by atoms with Gasteiger partial charge in [-0.1, -0.05) is 0 Å². The fourth-order valence-electron chi connectivity index (χ4n) is 2.54. The molecular formula is C14H19NO3. The minimum absolute atomic E-state index is 0.0860. The Labute approximate surface area is 107 Å². The van der Waals surface area contributed by atoms with E-state index in [0.717, 1.165) is 31.2 Å². The van der Waals surface area contributed by atoms with Crippen LogP contribution in [-0.4, -0.2) is 27.1 Å². The van der Waals surface area contributed by atoms with E-state index in [0.29, 0.717) is 17.1 Å². The van der Waals surface area contributed by atoms with Crippen molar-refractivity contribution in [3.8, 4) is 11.5 Å². The zero-order valence-corrected chi connectivity index (χ0v) is 11.1. The second-order valence-corrected chi connectivity index (χ2v) is 4.78. The molecule has 1 saturated heterocycles. The Morgan fingerprint density at radius 3 is 2.61 bits per heavy atom. The van der Waals surface area contributed by atoms with Crippen LogP contribution in [0.2, 0.25) is 0 Å². The summed E-state index contributed by atoms with van der Waals surface area (Å²) in [4.78, 5) is 11.2. The molecule has 1 aliphatic heterocycles. The fourth-order valence-corrected chi connectivity index (χ4v) is 2.54. The monoisotopic (exact) mass is 249 g/mol. The average Bonchev–Trinajstić information content (AvgIpc) is 2.85. The molecule has 4 nitrogen and oxygen atoms in total. The largest absolute Gasteiger partial charge is 0.493 e. The normalized spacial score (nSPS) is 22.8. The van der Waals surface area contributed by atoms with Crippen molar-refractivity contribution in [3.05, 3.63) is 23.3 Å². The van der Waals surface area contributed by atoms with Crippen LogP contribution in [-0.2, 0) is 5.54 Å². The van der Waals surface area contributed by atoms with Gasteiger partial charge in [-0.15, -0.1) is 0 Å². The van der Waals surface area contributed by atoms with Crippen LogP contribution in [0.15, 0.2) is 12.1 Å². The molecule has 0 saturated carbocycles. The van der Waals surface area contributed by atoms with Crippen LogP contribution in [0.4, 0.5) is 0 Å². The molecule has 0 spiro atoms. The lowest BCUT2D eigenvalue weighted by atomic mass is 9.89. The Kier molecular flexibility index (Phi) is 3.57. The Morgan fingerprint density at radius 2 is 2.11 bits per heavy atom. The van der Waals surface area contributed by atoms with Crippen molar-refractivity contribution in [3.63, 3.8) is 0 Å². The van der Waals surface area contributed by atoms with E-state index in [1.165, 1.54) is 0 Å². The van der Waals surface area contributed by atoms with Gasteiger partial charge in [0.2, 0.25) is 0 Å². The van der Waals surface area contributed by atoms with Gasteiger partial charge in [0.05, 0.1) is 19.8 Å². The van der Waals surface area contributed by atoms with Crippen molar-refractivity contribution < 1.29 is 14.3 Å². The van der Waals surface area contributed by atoms with Gasteiger partial charge in [-0.2, -0.15) is 0 Å². The quantitative estimate of drug-likeness (QED) is 0.830. The predicted octanol–water partition coefficient (Wildman–Crippen LogP) is 2.11. The molecule has 0 aliphatic carbocycles. The van der Waals surface area contributed by atoms with Gasteiger partial charge in [-0.25, -0.2) is 0 Å². The first kappa shape index (κ1) is 12.9. The highest BCUT2D eigenvalue weighted by Crippen LogP contribution is 2.38. The molecule has 1 atom stereocenters. The third kappa shape index (κ3) is 2.08. The van der Waals surface area contributed by atoms with Crippen molar-refractivity contribution in [2.75, 3.05) is 20.8 Å². The number of benzene rings is 1. The van der Waals surface area contributed by atoms with Crippen molar-refractivity contribution in [2.24, 2.45) is 0 Å². The molecule has 98 valence electrons. The maximum Gasteiger partial charge on any atom is 0.171 e. The molecular weight excluding hydrogens is 230 g/mol. The summed E-state index contributed by atoms with van der Waals surface area (Å²) in [6.07, 6.45) is 3.01. The molecule has 1 unspecified atom stereocenters. The second-order valence-electron chi connectivity index (χ2n) is 4.78. The molecule has 1 N–H and O–H groups in total. The highest BCUT2D eigenvalue weighted by atomic mass is 16.5. The molecule has 1 aliphatic rings. The third-order valence-electron chi connectivity index (χ3n) is 3.64. The van der Waals surface area contributed by atoms with E-state index >= 15 is 0 Å². The number of hydrogen-bond acceptors (Lipinski definition) is 4. The van der Waals surface area contributed by atoms with Crippen molar-refractivity contribution >= 4 is 6.29 Å². The summed E-state index contributed by atoms with van der Waals surface area (Å²) in [5.74, 6) is 1.10. The number of nitrogens with one attached hydrogen (secondary N) is 1. The van der Waals surface area contributed by atoms with E-state index in [1.54, 1.807) is 14.2 Å². The lowest BCUT2D eigenvalue weighted by Gasteiger charge is -2.26. The van der Waals surface area contributed by atoms with Gasteiger partial charge in [0.1, 0.15) is 0 Å². The van der Waals surface area contributed by atoms with Crippen LogP contribution in [0.3, 0.4) is 0 Å².